The molecule has 1 unspecified atom stereocenters. The maximum Gasteiger partial charge on any atom is 0.248 e. The maximum atomic E-state index is 10.9. The summed E-state index contributed by atoms with van der Waals surface area (Å²) in [6.45, 7) is 2.07. The number of nitrogens with two attached hydrogens (primary N) is 1. The van der Waals surface area contributed by atoms with Gasteiger partial charge in [0.15, 0.2) is 0 Å². The SMILES string of the molecule is CC(Cc1ccco1)Nc1ccc(C(N)=O)cc1. The fraction of sp³-hybridized carbons (Fsp3) is 0.214. The Hall–Kier alpha value is -2.23. The summed E-state index contributed by atoms with van der Waals surface area (Å²) < 4.78 is 5.29. The number of carbonyl (C=O) groups is 1. The molecule has 1 amide bonds. The lowest BCUT2D eigenvalue weighted by molar-refractivity contribution is 0.100. The molecule has 1 aromatic carbocycles. The van der Waals surface area contributed by atoms with Gasteiger partial charge in [0.05, 0.1) is 6.26 Å². The fourth-order valence-corrected chi connectivity index (χ4v) is 1.80. The largest absolute Gasteiger partial charge is 0.469 e. The second kappa shape index (κ2) is 5.40. The zero-order valence-corrected chi connectivity index (χ0v) is 10.2. The van der Waals surface area contributed by atoms with Gasteiger partial charge in [-0.1, -0.05) is 0 Å². The number of rotatable bonds is 5. The number of carbonyl (C=O) groups excluding carboxylic acids is 1. The lowest BCUT2D eigenvalue weighted by Crippen LogP contribution is -2.18. The lowest BCUT2D eigenvalue weighted by Gasteiger charge is -2.14. The van der Waals surface area contributed by atoms with Crippen LogP contribution >= 0.6 is 0 Å². The van der Waals surface area contributed by atoms with Gasteiger partial charge in [0.25, 0.3) is 0 Å². The van der Waals surface area contributed by atoms with Crippen LogP contribution in [0.25, 0.3) is 0 Å². The van der Waals surface area contributed by atoms with Crippen LogP contribution in [0.1, 0.15) is 23.0 Å². The molecule has 18 heavy (non-hydrogen) atoms. The van der Waals surface area contributed by atoms with Crippen LogP contribution in [0, 0.1) is 0 Å². The van der Waals surface area contributed by atoms with Gasteiger partial charge in [0.2, 0.25) is 5.91 Å². The summed E-state index contributed by atoms with van der Waals surface area (Å²) in [4.78, 5) is 10.9. The van der Waals surface area contributed by atoms with Crippen molar-refractivity contribution in [3.8, 4) is 0 Å². The molecule has 0 radical (unpaired) electrons. The minimum Gasteiger partial charge on any atom is -0.469 e. The van der Waals surface area contributed by atoms with Crippen LogP contribution in [0.5, 0.6) is 0 Å². The predicted octanol–water partition coefficient (Wildman–Crippen LogP) is 2.42. The molecule has 0 aliphatic rings. The third-order valence-corrected chi connectivity index (χ3v) is 2.67. The number of primary amides is 1. The smallest absolute Gasteiger partial charge is 0.248 e. The first-order valence-electron chi connectivity index (χ1n) is 5.84. The average molecular weight is 244 g/mol. The molecule has 2 aromatic rings. The molecule has 0 spiro atoms. The van der Waals surface area contributed by atoms with E-state index < -0.39 is 5.91 Å². The quantitative estimate of drug-likeness (QED) is 0.848. The summed E-state index contributed by atoms with van der Waals surface area (Å²) in [7, 11) is 0. The van der Waals surface area contributed by atoms with Gasteiger partial charge in [-0.15, -0.1) is 0 Å². The summed E-state index contributed by atoms with van der Waals surface area (Å²) in [5.74, 6) is 0.536. The molecule has 0 aliphatic carbocycles. The van der Waals surface area contributed by atoms with Crippen LogP contribution in [0.2, 0.25) is 0 Å². The normalized spacial score (nSPS) is 12.1. The van der Waals surface area contributed by atoms with Crippen molar-refractivity contribution in [1.82, 2.24) is 0 Å². The van der Waals surface area contributed by atoms with Crippen molar-refractivity contribution in [2.75, 3.05) is 5.32 Å². The van der Waals surface area contributed by atoms with Crippen molar-refractivity contribution < 1.29 is 9.21 Å². The van der Waals surface area contributed by atoms with Gasteiger partial charge < -0.3 is 15.5 Å². The zero-order chi connectivity index (χ0) is 13.0. The average Bonchev–Trinajstić information content (AvgIpc) is 2.82. The molecule has 4 heteroatoms. The molecule has 2 rings (SSSR count). The number of anilines is 1. The third-order valence-electron chi connectivity index (χ3n) is 2.67. The van der Waals surface area contributed by atoms with E-state index in [4.69, 9.17) is 10.2 Å². The third kappa shape index (κ3) is 3.13. The minimum absolute atomic E-state index is 0.246. The molecule has 1 atom stereocenters. The zero-order valence-electron chi connectivity index (χ0n) is 10.2. The predicted molar refractivity (Wildman–Crippen MR) is 70.5 cm³/mol. The van der Waals surface area contributed by atoms with Crippen molar-refractivity contribution in [3.63, 3.8) is 0 Å². The summed E-state index contributed by atoms with van der Waals surface area (Å²) >= 11 is 0. The van der Waals surface area contributed by atoms with Crippen LogP contribution in [0.15, 0.2) is 47.1 Å². The number of benzene rings is 1. The van der Waals surface area contributed by atoms with Crippen LogP contribution in [0.4, 0.5) is 5.69 Å². The van der Waals surface area contributed by atoms with Crippen LogP contribution in [0.3, 0.4) is 0 Å². The highest BCUT2D eigenvalue weighted by molar-refractivity contribution is 5.93. The van der Waals surface area contributed by atoms with Crippen LogP contribution in [-0.4, -0.2) is 11.9 Å². The Labute approximate surface area is 106 Å². The van der Waals surface area contributed by atoms with E-state index in [2.05, 4.69) is 12.2 Å². The monoisotopic (exact) mass is 244 g/mol. The Morgan fingerprint density at radius 2 is 2.06 bits per heavy atom. The first-order chi connectivity index (χ1) is 8.65. The highest BCUT2D eigenvalue weighted by Crippen LogP contribution is 2.13. The van der Waals surface area contributed by atoms with E-state index in [9.17, 15) is 4.79 Å². The molecule has 3 N–H and O–H groups in total. The van der Waals surface area contributed by atoms with E-state index in [0.717, 1.165) is 17.9 Å². The molecule has 1 heterocycles. The Kier molecular flexibility index (Phi) is 3.67. The van der Waals surface area contributed by atoms with Gasteiger partial charge in [-0.05, 0) is 43.3 Å². The molecular formula is C14H16N2O2. The van der Waals surface area contributed by atoms with Crippen molar-refractivity contribution >= 4 is 11.6 Å². The van der Waals surface area contributed by atoms with Gasteiger partial charge >= 0.3 is 0 Å². The second-order valence-corrected chi connectivity index (χ2v) is 4.27. The topological polar surface area (TPSA) is 68.3 Å². The molecule has 94 valence electrons. The highest BCUT2D eigenvalue weighted by Gasteiger charge is 2.06. The fourth-order valence-electron chi connectivity index (χ4n) is 1.80. The molecular weight excluding hydrogens is 228 g/mol. The molecule has 0 saturated carbocycles. The minimum atomic E-state index is -0.412. The van der Waals surface area contributed by atoms with Crippen LogP contribution < -0.4 is 11.1 Å². The first kappa shape index (κ1) is 12.2. The summed E-state index contributed by atoms with van der Waals surface area (Å²) in [6.07, 6.45) is 2.48. The molecule has 0 aliphatic heterocycles. The van der Waals surface area contributed by atoms with E-state index in [0.29, 0.717) is 5.56 Å². The molecule has 0 bridgehead atoms. The molecule has 0 saturated heterocycles. The first-order valence-corrected chi connectivity index (χ1v) is 5.84. The summed E-state index contributed by atoms with van der Waals surface area (Å²) in [5.41, 5.74) is 6.65. The second-order valence-electron chi connectivity index (χ2n) is 4.27. The van der Waals surface area contributed by atoms with Gasteiger partial charge in [-0.3, -0.25) is 4.79 Å². The van der Waals surface area contributed by atoms with Gasteiger partial charge in [-0.25, -0.2) is 0 Å². The van der Waals surface area contributed by atoms with E-state index >= 15 is 0 Å². The molecule has 1 aromatic heterocycles. The number of furan rings is 1. The summed E-state index contributed by atoms with van der Waals surface area (Å²) in [6, 6.07) is 11.2. The van der Waals surface area contributed by atoms with E-state index in [-0.39, 0.29) is 6.04 Å². The Bertz CT molecular complexity index is 503. The van der Waals surface area contributed by atoms with Crippen molar-refractivity contribution in [2.24, 2.45) is 5.73 Å². The molecule has 4 nitrogen and oxygen atoms in total. The summed E-state index contributed by atoms with van der Waals surface area (Å²) in [5, 5.41) is 3.33. The van der Waals surface area contributed by atoms with E-state index in [1.165, 1.54) is 0 Å². The highest BCUT2D eigenvalue weighted by atomic mass is 16.3. The van der Waals surface area contributed by atoms with Gasteiger partial charge in [0.1, 0.15) is 5.76 Å². The van der Waals surface area contributed by atoms with E-state index in [1.54, 1.807) is 18.4 Å². The number of nitrogens with one attached hydrogen (secondary N) is 1. The maximum absolute atomic E-state index is 10.9. The molecule has 0 fully saturated rings. The number of amides is 1. The Morgan fingerprint density at radius 3 is 2.61 bits per heavy atom. The van der Waals surface area contributed by atoms with Crippen molar-refractivity contribution in [2.45, 2.75) is 19.4 Å². The Morgan fingerprint density at radius 1 is 1.33 bits per heavy atom. The van der Waals surface area contributed by atoms with Crippen LogP contribution in [-0.2, 0) is 6.42 Å². The van der Waals surface area contributed by atoms with E-state index in [1.807, 2.05) is 24.3 Å². The lowest BCUT2D eigenvalue weighted by atomic mass is 10.1. The van der Waals surface area contributed by atoms with Gasteiger partial charge in [0, 0.05) is 23.7 Å². The number of hydrogen-bond acceptors (Lipinski definition) is 3. The van der Waals surface area contributed by atoms with Gasteiger partial charge in [-0.2, -0.15) is 0 Å². The van der Waals surface area contributed by atoms with Crippen molar-refractivity contribution in [1.29, 1.82) is 0 Å². The Balaban J connectivity index is 1.94. The standard InChI is InChI=1S/C14H16N2O2/c1-10(9-13-3-2-8-18-13)16-12-6-4-11(5-7-12)14(15)17/h2-8,10,16H,9H2,1H3,(H2,15,17). The number of hydrogen-bond donors (Lipinski definition) is 2. The van der Waals surface area contributed by atoms with Crippen molar-refractivity contribution in [3.05, 3.63) is 54.0 Å².